The molecule has 1 aromatic carbocycles. The first-order chi connectivity index (χ1) is 9.06. The van der Waals surface area contributed by atoms with Gasteiger partial charge in [-0.2, -0.15) is 11.3 Å². The molecule has 1 unspecified atom stereocenters. The molecule has 19 heavy (non-hydrogen) atoms. The lowest BCUT2D eigenvalue weighted by Crippen LogP contribution is -2.18. The van der Waals surface area contributed by atoms with Crippen LogP contribution in [0.15, 0.2) is 29.0 Å². The van der Waals surface area contributed by atoms with Crippen LogP contribution in [0.5, 0.6) is 5.75 Å². The maximum atomic E-state index is 13.8. The number of ether oxygens (including phenoxy) is 1. The quantitative estimate of drug-likeness (QED) is 0.911. The summed E-state index contributed by atoms with van der Waals surface area (Å²) >= 11 is 1.51. The van der Waals surface area contributed by atoms with E-state index in [1.165, 1.54) is 23.5 Å². The molecule has 102 valence electrons. The Morgan fingerprint density at radius 2 is 1.95 bits per heavy atom. The van der Waals surface area contributed by atoms with Gasteiger partial charge in [0.1, 0.15) is 6.61 Å². The monoisotopic (exact) mass is 283 g/mol. The average Bonchev–Trinajstić information content (AvgIpc) is 2.79. The van der Waals surface area contributed by atoms with Gasteiger partial charge < -0.3 is 10.5 Å². The van der Waals surface area contributed by atoms with Crippen molar-refractivity contribution in [3.63, 3.8) is 0 Å². The van der Waals surface area contributed by atoms with Crippen molar-refractivity contribution in [3.05, 3.63) is 51.7 Å². The number of benzene rings is 1. The van der Waals surface area contributed by atoms with E-state index in [1.807, 2.05) is 16.8 Å². The van der Waals surface area contributed by atoms with Gasteiger partial charge in [0.15, 0.2) is 17.4 Å². The van der Waals surface area contributed by atoms with Gasteiger partial charge in [-0.15, -0.1) is 0 Å². The molecule has 0 amide bonds. The van der Waals surface area contributed by atoms with E-state index in [9.17, 15) is 8.78 Å². The maximum absolute atomic E-state index is 13.8. The summed E-state index contributed by atoms with van der Waals surface area (Å²) in [7, 11) is 0. The number of rotatable bonds is 5. The van der Waals surface area contributed by atoms with E-state index in [1.54, 1.807) is 6.92 Å². The normalized spacial score (nSPS) is 12.4. The fourth-order valence-corrected chi connectivity index (χ4v) is 2.42. The van der Waals surface area contributed by atoms with Gasteiger partial charge in [0, 0.05) is 6.04 Å². The van der Waals surface area contributed by atoms with Crippen LogP contribution in [0.2, 0.25) is 0 Å². The third-order valence-corrected chi connectivity index (χ3v) is 3.31. The molecule has 0 radical (unpaired) electrons. The third-order valence-electron chi connectivity index (χ3n) is 2.58. The largest absolute Gasteiger partial charge is 0.483 e. The Balaban J connectivity index is 2.12. The molecular weight excluding hydrogens is 268 g/mol. The first-order valence-electron chi connectivity index (χ1n) is 5.93. The van der Waals surface area contributed by atoms with Gasteiger partial charge in [-0.25, -0.2) is 8.78 Å². The lowest BCUT2D eigenvalue weighted by molar-refractivity contribution is 0.274. The van der Waals surface area contributed by atoms with Crippen LogP contribution < -0.4 is 10.5 Å². The smallest absolute Gasteiger partial charge is 0.191 e. The lowest BCUT2D eigenvalue weighted by Gasteiger charge is -2.11. The van der Waals surface area contributed by atoms with Crippen LogP contribution in [-0.4, -0.2) is 6.04 Å². The lowest BCUT2D eigenvalue weighted by atomic mass is 10.1. The van der Waals surface area contributed by atoms with Gasteiger partial charge in [-0.3, -0.25) is 0 Å². The second kappa shape index (κ2) is 6.12. The highest BCUT2D eigenvalue weighted by atomic mass is 32.1. The van der Waals surface area contributed by atoms with E-state index >= 15 is 0 Å². The maximum Gasteiger partial charge on any atom is 0.191 e. The molecule has 0 saturated heterocycles. The van der Waals surface area contributed by atoms with E-state index in [-0.39, 0.29) is 18.4 Å². The first kappa shape index (κ1) is 14.0. The molecule has 2 rings (SSSR count). The Labute approximate surface area is 114 Å². The zero-order chi connectivity index (χ0) is 13.8. The summed E-state index contributed by atoms with van der Waals surface area (Å²) in [4.78, 5) is 0. The highest BCUT2D eigenvalue weighted by Crippen LogP contribution is 2.25. The van der Waals surface area contributed by atoms with Gasteiger partial charge in [0.2, 0.25) is 0 Å². The molecular formula is C14H15F2NOS. The van der Waals surface area contributed by atoms with Gasteiger partial charge >= 0.3 is 0 Å². The number of halogens is 2. The predicted molar refractivity (Wildman–Crippen MR) is 72.4 cm³/mol. The number of thiophene rings is 1. The van der Waals surface area contributed by atoms with E-state index in [4.69, 9.17) is 10.5 Å². The molecule has 5 heteroatoms. The molecule has 0 saturated carbocycles. The van der Waals surface area contributed by atoms with Crippen LogP contribution in [-0.2, 0) is 13.0 Å². The Kier molecular flexibility index (Phi) is 4.50. The van der Waals surface area contributed by atoms with Crippen molar-refractivity contribution in [3.8, 4) is 5.75 Å². The van der Waals surface area contributed by atoms with Crippen LogP contribution in [0.3, 0.4) is 0 Å². The zero-order valence-electron chi connectivity index (χ0n) is 10.5. The Bertz CT molecular complexity index is 517. The summed E-state index contributed by atoms with van der Waals surface area (Å²) < 4.78 is 32.8. The molecule has 1 atom stereocenters. The summed E-state index contributed by atoms with van der Waals surface area (Å²) in [5, 5.41) is 3.76. The summed E-state index contributed by atoms with van der Waals surface area (Å²) in [5.41, 5.74) is 7.04. The summed E-state index contributed by atoms with van der Waals surface area (Å²) in [6.07, 6.45) is 0.429. The van der Waals surface area contributed by atoms with Gasteiger partial charge in [0.25, 0.3) is 0 Å². The van der Waals surface area contributed by atoms with E-state index in [2.05, 4.69) is 0 Å². The molecule has 1 aromatic heterocycles. The van der Waals surface area contributed by atoms with Crippen molar-refractivity contribution in [2.75, 3.05) is 0 Å². The minimum atomic E-state index is -0.689. The third kappa shape index (κ3) is 3.75. The molecule has 2 nitrogen and oxygen atoms in total. The molecule has 1 heterocycles. The highest BCUT2D eigenvalue weighted by molar-refractivity contribution is 7.07. The van der Waals surface area contributed by atoms with Crippen LogP contribution in [0.1, 0.15) is 18.1 Å². The van der Waals surface area contributed by atoms with Crippen LogP contribution >= 0.6 is 11.3 Å². The van der Waals surface area contributed by atoms with Crippen molar-refractivity contribution in [1.29, 1.82) is 0 Å². The fraction of sp³-hybridized carbons (Fsp3) is 0.286. The zero-order valence-corrected chi connectivity index (χ0v) is 11.3. The second-order valence-electron chi connectivity index (χ2n) is 4.49. The van der Waals surface area contributed by atoms with Gasteiger partial charge in [0.05, 0.1) is 0 Å². The summed E-state index contributed by atoms with van der Waals surface area (Å²) in [5.74, 6) is -1.71. The van der Waals surface area contributed by atoms with E-state index in [0.29, 0.717) is 12.0 Å². The summed E-state index contributed by atoms with van der Waals surface area (Å²) in [6, 6.07) is 4.26. The Hall–Kier alpha value is -1.46. The van der Waals surface area contributed by atoms with Crippen molar-refractivity contribution in [1.82, 2.24) is 0 Å². The minimum absolute atomic E-state index is 0.142. The SMILES string of the molecule is CC(N)Cc1cc(F)c(OCc2ccsc2)c(F)c1. The van der Waals surface area contributed by atoms with E-state index in [0.717, 1.165) is 5.56 Å². The van der Waals surface area contributed by atoms with Crippen LogP contribution in [0, 0.1) is 11.6 Å². The molecule has 0 aliphatic carbocycles. The first-order valence-corrected chi connectivity index (χ1v) is 6.88. The van der Waals surface area contributed by atoms with E-state index < -0.39 is 11.6 Å². The molecule has 0 aliphatic heterocycles. The molecule has 0 bridgehead atoms. The Morgan fingerprint density at radius 3 is 2.47 bits per heavy atom. The van der Waals surface area contributed by atoms with Crippen LogP contribution in [0.4, 0.5) is 8.78 Å². The van der Waals surface area contributed by atoms with Gasteiger partial charge in [-0.1, -0.05) is 0 Å². The standard InChI is InChI=1S/C14H15F2NOS/c1-9(17)4-11-5-12(15)14(13(16)6-11)18-7-10-2-3-19-8-10/h2-3,5-6,8-9H,4,7,17H2,1H3. The molecule has 0 fully saturated rings. The predicted octanol–water partition coefficient (Wildman–Crippen LogP) is 3.50. The minimum Gasteiger partial charge on any atom is -0.483 e. The number of nitrogens with two attached hydrogens (primary N) is 1. The molecule has 2 aromatic rings. The highest BCUT2D eigenvalue weighted by Gasteiger charge is 2.13. The van der Waals surface area contributed by atoms with Gasteiger partial charge in [-0.05, 0) is 53.4 Å². The van der Waals surface area contributed by atoms with Crippen molar-refractivity contribution in [2.45, 2.75) is 26.0 Å². The second-order valence-corrected chi connectivity index (χ2v) is 5.27. The molecule has 0 aliphatic rings. The topological polar surface area (TPSA) is 35.2 Å². The average molecular weight is 283 g/mol. The van der Waals surface area contributed by atoms with Crippen molar-refractivity contribution >= 4 is 11.3 Å². The molecule has 0 spiro atoms. The number of hydrogen-bond donors (Lipinski definition) is 1. The Morgan fingerprint density at radius 1 is 1.26 bits per heavy atom. The van der Waals surface area contributed by atoms with Crippen molar-refractivity contribution in [2.24, 2.45) is 5.73 Å². The van der Waals surface area contributed by atoms with Crippen molar-refractivity contribution < 1.29 is 13.5 Å². The molecule has 2 N–H and O–H groups in total. The fourth-order valence-electron chi connectivity index (χ4n) is 1.77. The summed E-state index contributed by atoms with van der Waals surface area (Å²) in [6.45, 7) is 1.95. The van der Waals surface area contributed by atoms with Crippen LogP contribution in [0.25, 0.3) is 0 Å². The number of hydrogen-bond acceptors (Lipinski definition) is 3.